The van der Waals surface area contributed by atoms with Crippen molar-refractivity contribution in [2.24, 2.45) is 0 Å². The third kappa shape index (κ3) is 3.75. The number of rotatable bonds is 7. The second-order valence-corrected chi connectivity index (χ2v) is 4.06. The van der Waals surface area contributed by atoms with Gasteiger partial charge in [-0.05, 0) is 13.3 Å². The zero-order valence-corrected chi connectivity index (χ0v) is 11.3. The second-order valence-electron chi connectivity index (χ2n) is 4.06. The molecule has 2 heterocycles. The second kappa shape index (κ2) is 6.84. The third-order valence-corrected chi connectivity index (χ3v) is 2.52. The van der Waals surface area contributed by atoms with Gasteiger partial charge in [0, 0.05) is 31.6 Å². The van der Waals surface area contributed by atoms with Crippen molar-refractivity contribution in [1.82, 2.24) is 19.5 Å². The summed E-state index contributed by atoms with van der Waals surface area (Å²) in [5.41, 5.74) is 0. The number of aromatic nitrogens is 4. The predicted molar refractivity (Wildman–Crippen MR) is 73.3 cm³/mol. The van der Waals surface area contributed by atoms with Gasteiger partial charge in [0.25, 0.3) is 0 Å². The molecule has 19 heavy (non-hydrogen) atoms. The van der Waals surface area contributed by atoms with Crippen LogP contribution in [0.4, 0.5) is 5.82 Å². The summed E-state index contributed by atoms with van der Waals surface area (Å²) in [5.74, 6) is 2.28. The van der Waals surface area contributed by atoms with Crippen molar-refractivity contribution in [2.75, 3.05) is 18.5 Å². The molecule has 0 aliphatic rings. The molecule has 0 aromatic carbocycles. The quantitative estimate of drug-likeness (QED) is 0.826. The van der Waals surface area contributed by atoms with Crippen molar-refractivity contribution in [3.8, 4) is 5.82 Å². The van der Waals surface area contributed by atoms with E-state index in [9.17, 15) is 0 Å². The first kappa shape index (κ1) is 13.5. The van der Waals surface area contributed by atoms with E-state index in [4.69, 9.17) is 4.74 Å². The standard InChI is InChI=1S/C13H19N5O/c1-3-5-15-11-8-13(18-7-6-14-10-18)17-12(16-11)9-19-4-2/h6-8,10H,3-5,9H2,1-2H3,(H,15,16,17). The molecule has 6 heteroatoms. The summed E-state index contributed by atoms with van der Waals surface area (Å²) in [4.78, 5) is 12.9. The molecule has 2 aromatic rings. The van der Waals surface area contributed by atoms with Gasteiger partial charge in [-0.25, -0.2) is 15.0 Å². The predicted octanol–water partition coefficient (Wildman–Crippen LogP) is 2.02. The van der Waals surface area contributed by atoms with Crippen molar-refractivity contribution in [3.05, 3.63) is 30.6 Å². The lowest BCUT2D eigenvalue weighted by Gasteiger charge is -2.09. The lowest BCUT2D eigenvalue weighted by molar-refractivity contribution is 0.128. The third-order valence-electron chi connectivity index (χ3n) is 2.52. The summed E-state index contributed by atoms with van der Waals surface area (Å²) in [6, 6.07) is 1.91. The van der Waals surface area contributed by atoms with Gasteiger partial charge in [0.15, 0.2) is 5.82 Å². The Labute approximate surface area is 112 Å². The maximum Gasteiger partial charge on any atom is 0.158 e. The summed E-state index contributed by atoms with van der Waals surface area (Å²) >= 11 is 0. The largest absolute Gasteiger partial charge is 0.374 e. The topological polar surface area (TPSA) is 64.9 Å². The number of nitrogens with one attached hydrogen (secondary N) is 1. The SMILES string of the molecule is CCCNc1cc(-n2ccnc2)nc(COCC)n1. The summed E-state index contributed by atoms with van der Waals surface area (Å²) in [6.45, 7) is 6.02. The van der Waals surface area contributed by atoms with E-state index in [0.29, 0.717) is 19.0 Å². The minimum absolute atomic E-state index is 0.417. The molecule has 0 radical (unpaired) electrons. The molecule has 0 fully saturated rings. The van der Waals surface area contributed by atoms with E-state index >= 15 is 0 Å². The summed E-state index contributed by atoms with van der Waals surface area (Å²) < 4.78 is 7.23. The van der Waals surface area contributed by atoms with E-state index in [0.717, 1.165) is 24.6 Å². The summed E-state index contributed by atoms with van der Waals surface area (Å²) in [5, 5.41) is 3.27. The van der Waals surface area contributed by atoms with Crippen LogP contribution < -0.4 is 5.32 Å². The smallest absolute Gasteiger partial charge is 0.158 e. The number of anilines is 1. The van der Waals surface area contributed by atoms with Crippen molar-refractivity contribution in [3.63, 3.8) is 0 Å². The van der Waals surface area contributed by atoms with Crippen LogP contribution in [-0.4, -0.2) is 32.7 Å². The van der Waals surface area contributed by atoms with Crippen LogP contribution in [0, 0.1) is 0 Å². The number of hydrogen-bond acceptors (Lipinski definition) is 5. The van der Waals surface area contributed by atoms with E-state index < -0.39 is 0 Å². The van der Waals surface area contributed by atoms with Crippen molar-refractivity contribution < 1.29 is 4.74 Å². The fourth-order valence-corrected chi connectivity index (χ4v) is 1.61. The minimum atomic E-state index is 0.417. The zero-order valence-electron chi connectivity index (χ0n) is 11.3. The lowest BCUT2D eigenvalue weighted by Crippen LogP contribution is -2.09. The van der Waals surface area contributed by atoms with E-state index in [1.54, 1.807) is 12.5 Å². The maximum atomic E-state index is 5.37. The molecule has 0 atom stereocenters. The van der Waals surface area contributed by atoms with Gasteiger partial charge in [-0.2, -0.15) is 0 Å². The normalized spacial score (nSPS) is 10.6. The molecule has 0 bridgehead atoms. The average Bonchev–Trinajstić information content (AvgIpc) is 2.97. The van der Waals surface area contributed by atoms with Crippen LogP contribution in [0.2, 0.25) is 0 Å². The highest BCUT2D eigenvalue weighted by Gasteiger charge is 2.06. The highest BCUT2D eigenvalue weighted by Crippen LogP contribution is 2.11. The Morgan fingerprint density at radius 3 is 2.89 bits per heavy atom. The van der Waals surface area contributed by atoms with E-state index in [1.807, 2.05) is 23.8 Å². The minimum Gasteiger partial charge on any atom is -0.374 e. The van der Waals surface area contributed by atoms with Gasteiger partial charge in [0.1, 0.15) is 24.6 Å². The first-order valence-electron chi connectivity index (χ1n) is 6.51. The number of imidazole rings is 1. The van der Waals surface area contributed by atoms with E-state index in [-0.39, 0.29) is 0 Å². The highest BCUT2D eigenvalue weighted by molar-refractivity contribution is 5.41. The molecule has 0 spiro atoms. The molecule has 2 aromatic heterocycles. The van der Waals surface area contributed by atoms with Crippen molar-refractivity contribution >= 4 is 5.82 Å². The number of ether oxygens (including phenoxy) is 1. The van der Waals surface area contributed by atoms with Gasteiger partial charge in [-0.15, -0.1) is 0 Å². The molecule has 0 aliphatic heterocycles. The Morgan fingerprint density at radius 2 is 2.21 bits per heavy atom. The number of hydrogen-bond donors (Lipinski definition) is 1. The molecular weight excluding hydrogens is 242 g/mol. The summed E-state index contributed by atoms with van der Waals surface area (Å²) in [7, 11) is 0. The first-order chi connectivity index (χ1) is 9.33. The Bertz CT molecular complexity index is 471. The zero-order chi connectivity index (χ0) is 13.5. The Morgan fingerprint density at radius 1 is 1.32 bits per heavy atom. The Kier molecular flexibility index (Phi) is 4.85. The molecule has 2 rings (SSSR count). The molecule has 1 N–H and O–H groups in total. The van der Waals surface area contributed by atoms with E-state index in [1.165, 1.54) is 0 Å². The van der Waals surface area contributed by atoms with Crippen molar-refractivity contribution in [1.29, 1.82) is 0 Å². The van der Waals surface area contributed by atoms with Gasteiger partial charge >= 0.3 is 0 Å². The Hall–Kier alpha value is -1.95. The van der Waals surface area contributed by atoms with Crippen molar-refractivity contribution in [2.45, 2.75) is 26.9 Å². The molecule has 0 saturated carbocycles. The summed E-state index contributed by atoms with van der Waals surface area (Å²) in [6.07, 6.45) is 6.35. The highest BCUT2D eigenvalue weighted by atomic mass is 16.5. The maximum absolute atomic E-state index is 5.37. The van der Waals surface area contributed by atoms with Crippen LogP contribution >= 0.6 is 0 Å². The molecule has 102 valence electrons. The van der Waals surface area contributed by atoms with Gasteiger partial charge < -0.3 is 10.1 Å². The van der Waals surface area contributed by atoms with Gasteiger partial charge in [0.2, 0.25) is 0 Å². The van der Waals surface area contributed by atoms with Crippen LogP contribution in [0.3, 0.4) is 0 Å². The van der Waals surface area contributed by atoms with Gasteiger partial charge in [-0.1, -0.05) is 6.92 Å². The fourth-order valence-electron chi connectivity index (χ4n) is 1.61. The molecule has 6 nitrogen and oxygen atoms in total. The van der Waals surface area contributed by atoms with Crippen LogP contribution in [0.15, 0.2) is 24.8 Å². The fraction of sp³-hybridized carbons (Fsp3) is 0.462. The van der Waals surface area contributed by atoms with Gasteiger partial charge in [-0.3, -0.25) is 4.57 Å². The molecule has 0 unspecified atom stereocenters. The average molecular weight is 261 g/mol. The molecular formula is C13H19N5O. The first-order valence-corrected chi connectivity index (χ1v) is 6.51. The number of nitrogens with zero attached hydrogens (tertiary/aromatic N) is 4. The van der Waals surface area contributed by atoms with Crippen LogP contribution in [-0.2, 0) is 11.3 Å². The van der Waals surface area contributed by atoms with Crippen LogP contribution in [0.5, 0.6) is 0 Å². The molecule has 0 saturated heterocycles. The van der Waals surface area contributed by atoms with Crippen LogP contribution in [0.1, 0.15) is 26.1 Å². The monoisotopic (exact) mass is 261 g/mol. The molecule has 0 aliphatic carbocycles. The van der Waals surface area contributed by atoms with Crippen LogP contribution in [0.25, 0.3) is 5.82 Å². The lowest BCUT2D eigenvalue weighted by atomic mass is 10.4. The molecule has 0 amide bonds. The van der Waals surface area contributed by atoms with E-state index in [2.05, 4.69) is 27.2 Å². The Balaban J connectivity index is 2.25. The van der Waals surface area contributed by atoms with Gasteiger partial charge in [0.05, 0.1) is 0 Å².